The lowest BCUT2D eigenvalue weighted by molar-refractivity contribution is -0.0338. The van der Waals surface area contributed by atoms with Gasteiger partial charge < -0.3 is 14.8 Å². The maximum absolute atomic E-state index is 5.75. The monoisotopic (exact) mass is 313 g/mol. The first-order chi connectivity index (χ1) is 8.58. The molecule has 100 valence electrons. The maximum atomic E-state index is 5.75. The standard InChI is InChI=1S/C14H20BrNO2/c1-9-6-12(7-10(2)18-9)16-13-8-11(15)4-5-14(13)17-3/h4-5,8-10,12,16H,6-7H2,1-3H3. The van der Waals surface area contributed by atoms with Gasteiger partial charge in [-0.25, -0.2) is 0 Å². The Kier molecular flexibility index (Phi) is 4.51. The van der Waals surface area contributed by atoms with Gasteiger partial charge in [0.25, 0.3) is 0 Å². The zero-order valence-electron chi connectivity index (χ0n) is 11.1. The molecule has 0 bridgehead atoms. The molecule has 1 N–H and O–H groups in total. The molecule has 1 aliphatic heterocycles. The molecule has 0 spiro atoms. The summed E-state index contributed by atoms with van der Waals surface area (Å²) >= 11 is 3.49. The van der Waals surface area contributed by atoms with E-state index in [-0.39, 0.29) is 0 Å². The van der Waals surface area contributed by atoms with Crippen molar-refractivity contribution in [3.05, 3.63) is 22.7 Å². The number of hydrogen-bond acceptors (Lipinski definition) is 3. The fraction of sp³-hybridized carbons (Fsp3) is 0.571. The van der Waals surface area contributed by atoms with Gasteiger partial charge in [0.05, 0.1) is 25.0 Å². The predicted octanol–water partition coefficient (Wildman–Crippen LogP) is 3.83. The molecule has 0 saturated carbocycles. The highest BCUT2D eigenvalue weighted by Gasteiger charge is 2.24. The Morgan fingerprint density at radius 3 is 2.56 bits per heavy atom. The summed E-state index contributed by atoms with van der Waals surface area (Å²) in [6.07, 6.45) is 2.67. The molecule has 1 aromatic rings. The Hall–Kier alpha value is -0.740. The first kappa shape index (κ1) is 13.7. The molecule has 2 rings (SSSR count). The third-order valence-corrected chi connectivity index (χ3v) is 3.71. The van der Waals surface area contributed by atoms with Gasteiger partial charge in [-0.1, -0.05) is 15.9 Å². The average Bonchev–Trinajstić information content (AvgIpc) is 2.27. The Morgan fingerprint density at radius 1 is 1.28 bits per heavy atom. The van der Waals surface area contributed by atoms with E-state index in [1.165, 1.54) is 0 Å². The van der Waals surface area contributed by atoms with E-state index in [1.54, 1.807) is 7.11 Å². The van der Waals surface area contributed by atoms with Gasteiger partial charge in [0.15, 0.2) is 0 Å². The van der Waals surface area contributed by atoms with E-state index in [4.69, 9.17) is 9.47 Å². The number of halogens is 1. The molecule has 2 atom stereocenters. The summed E-state index contributed by atoms with van der Waals surface area (Å²) in [7, 11) is 1.70. The Morgan fingerprint density at radius 2 is 1.94 bits per heavy atom. The quantitative estimate of drug-likeness (QED) is 0.920. The van der Waals surface area contributed by atoms with Crippen molar-refractivity contribution in [2.75, 3.05) is 12.4 Å². The molecule has 18 heavy (non-hydrogen) atoms. The molecular weight excluding hydrogens is 294 g/mol. The lowest BCUT2D eigenvalue weighted by atomic mass is 9.99. The minimum Gasteiger partial charge on any atom is -0.495 e. The molecule has 2 unspecified atom stereocenters. The highest BCUT2D eigenvalue weighted by Crippen LogP contribution is 2.31. The van der Waals surface area contributed by atoms with E-state index >= 15 is 0 Å². The molecule has 0 aliphatic carbocycles. The molecule has 1 aromatic carbocycles. The van der Waals surface area contributed by atoms with Crippen molar-refractivity contribution >= 4 is 21.6 Å². The fourth-order valence-electron chi connectivity index (χ4n) is 2.54. The summed E-state index contributed by atoms with van der Waals surface area (Å²) in [6.45, 7) is 4.25. The van der Waals surface area contributed by atoms with Crippen LogP contribution in [0.4, 0.5) is 5.69 Å². The number of anilines is 1. The summed E-state index contributed by atoms with van der Waals surface area (Å²) in [5, 5.41) is 3.57. The van der Waals surface area contributed by atoms with Crippen LogP contribution < -0.4 is 10.1 Å². The van der Waals surface area contributed by atoms with Crippen LogP contribution in [0.15, 0.2) is 22.7 Å². The molecular formula is C14H20BrNO2. The average molecular weight is 314 g/mol. The first-order valence-electron chi connectivity index (χ1n) is 6.34. The SMILES string of the molecule is COc1ccc(Br)cc1NC1CC(C)OC(C)C1. The van der Waals surface area contributed by atoms with Crippen molar-refractivity contribution in [2.45, 2.75) is 44.9 Å². The Labute approximate surface area is 117 Å². The molecule has 0 amide bonds. The van der Waals surface area contributed by atoms with E-state index in [2.05, 4.69) is 41.2 Å². The third kappa shape index (κ3) is 3.39. The zero-order valence-corrected chi connectivity index (χ0v) is 12.7. The van der Waals surface area contributed by atoms with E-state index in [0.29, 0.717) is 18.2 Å². The van der Waals surface area contributed by atoms with Gasteiger partial charge in [0.2, 0.25) is 0 Å². The van der Waals surface area contributed by atoms with Gasteiger partial charge in [0, 0.05) is 10.5 Å². The number of methoxy groups -OCH3 is 1. The number of rotatable bonds is 3. The van der Waals surface area contributed by atoms with Crippen molar-refractivity contribution in [1.29, 1.82) is 0 Å². The molecule has 3 nitrogen and oxygen atoms in total. The van der Waals surface area contributed by atoms with Crippen LogP contribution >= 0.6 is 15.9 Å². The second-order valence-electron chi connectivity index (χ2n) is 4.91. The molecule has 4 heteroatoms. The number of benzene rings is 1. The van der Waals surface area contributed by atoms with Crippen molar-refractivity contribution in [3.63, 3.8) is 0 Å². The highest BCUT2D eigenvalue weighted by molar-refractivity contribution is 9.10. The van der Waals surface area contributed by atoms with Crippen LogP contribution in [0.2, 0.25) is 0 Å². The molecule has 1 heterocycles. The normalized spacial score (nSPS) is 27.9. The van der Waals surface area contributed by atoms with E-state index in [0.717, 1.165) is 28.8 Å². The van der Waals surface area contributed by atoms with Crippen LogP contribution in [-0.4, -0.2) is 25.4 Å². The van der Waals surface area contributed by atoms with Crippen molar-refractivity contribution in [3.8, 4) is 5.75 Å². The lowest BCUT2D eigenvalue weighted by Crippen LogP contribution is -2.36. The van der Waals surface area contributed by atoms with Gasteiger partial charge in [-0.2, -0.15) is 0 Å². The van der Waals surface area contributed by atoms with Crippen LogP contribution in [0.25, 0.3) is 0 Å². The number of ether oxygens (including phenoxy) is 2. The van der Waals surface area contributed by atoms with Crippen LogP contribution in [0.3, 0.4) is 0 Å². The number of nitrogens with one attached hydrogen (secondary N) is 1. The van der Waals surface area contributed by atoms with Gasteiger partial charge in [-0.05, 0) is 44.9 Å². The fourth-order valence-corrected chi connectivity index (χ4v) is 2.90. The van der Waals surface area contributed by atoms with Gasteiger partial charge in [-0.3, -0.25) is 0 Å². The predicted molar refractivity (Wildman–Crippen MR) is 77.3 cm³/mol. The summed E-state index contributed by atoms with van der Waals surface area (Å²) in [5.74, 6) is 0.880. The second kappa shape index (κ2) is 5.93. The molecule has 1 fully saturated rings. The molecule has 1 aliphatic rings. The largest absolute Gasteiger partial charge is 0.495 e. The van der Waals surface area contributed by atoms with Crippen LogP contribution in [0.1, 0.15) is 26.7 Å². The summed E-state index contributed by atoms with van der Waals surface area (Å²) < 4.78 is 12.2. The summed E-state index contributed by atoms with van der Waals surface area (Å²) in [5.41, 5.74) is 1.04. The van der Waals surface area contributed by atoms with E-state index in [9.17, 15) is 0 Å². The molecule has 1 saturated heterocycles. The highest BCUT2D eigenvalue weighted by atomic mass is 79.9. The van der Waals surface area contributed by atoms with Gasteiger partial charge in [0.1, 0.15) is 5.75 Å². The molecule has 0 radical (unpaired) electrons. The maximum Gasteiger partial charge on any atom is 0.142 e. The van der Waals surface area contributed by atoms with Crippen LogP contribution in [-0.2, 0) is 4.74 Å². The van der Waals surface area contributed by atoms with Crippen LogP contribution in [0, 0.1) is 0 Å². The van der Waals surface area contributed by atoms with Crippen molar-refractivity contribution < 1.29 is 9.47 Å². The van der Waals surface area contributed by atoms with Gasteiger partial charge in [-0.15, -0.1) is 0 Å². The van der Waals surface area contributed by atoms with Crippen molar-refractivity contribution in [1.82, 2.24) is 0 Å². The first-order valence-corrected chi connectivity index (χ1v) is 7.13. The zero-order chi connectivity index (χ0) is 13.1. The van der Waals surface area contributed by atoms with E-state index < -0.39 is 0 Å². The smallest absolute Gasteiger partial charge is 0.142 e. The van der Waals surface area contributed by atoms with E-state index in [1.807, 2.05) is 12.1 Å². The minimum absolute atomic E-state index is 0.310. The Bertz CT molecular complexity index is 401. The third-order valence-electron chi connectivity index (χ3n) is 3.22. The Balaban J connectivity index is 2.10. The lowest BCUT2D eigenvalue weighted by Gasteiger charge is -2.33. The summed E-state index contributed by atoms with van der Waals surface area (Å²) in [4.78, 5) is 0. The second-order valence-corrected chi connectivity index (χ2v) is 5.83. The number of hydrogen-bond donors (Lipinski definition) is 1. The topological polar surface area (TPSA) is 30.5 Å². The van der Waals surface area contributed by atoms with Crippen LogP contribution in [0.5, 0.6) is 5.75 Å². The van der Waals surface area contributed by atoms with Crippen molar-refractivity contribution in [2.24, 2.45) is 0 Å². The summed E-state index contributed by atoms with van der Waals surface area (Å²) in [6, 6.07) is 6.45. The molecule has 0 aromatic heterocycles. The minimum atomic E-state index is 0.310. The van der Waals surface area contributed by atoms with Gasteiger partial charge >= 0.3 is 0 Å².